The minimum Gasteiger partial charge on any atom is -0.373 e. The van der Waals surface area contributed by atoms with Crippen LogP contribution in [0.3, 0.4) is 0 Å². The summed E-state index contributed by atoms with van der Waals surface area (Å²) in [6.45, 7) is 3.17. The van der Waals surface area contributed by atoms with Crippen LogP contribution >= 0.6 is 23.5 Å². The Morgan fingerprint density at radius 1 is 1.29 bits per heavy atom. The zero-order chi connectivity index (χ0) is 12.7. The average Bonchev–Trinajstić information content (AvgIpc) is 2.36. The second kappa shape index (κ2) is 7.66. The quantitative estimate of drug-likeness (QED) is 0.588. The van der Waals surface area contributed by atoms with Crippen LogP contribution in [0.2, 0.25) is 0 Å². The first kappa shape index (κ1) is 14.4. The summed E-state index contributed by atoms with van der Waals surface area (Å²) >= 11 is 3.42. The Kier molecular flexibility index (Phi) is 6.50. The van der Waals surface area contributed by atoms with Crippen LogP contribution in [0.25, 0.3) is 0 Å². The molecule has 1 aromatic rings. The third kappa shape index (κ3) is 5.04. The maximum atomic E-state index is 4.43. The molecule has 17 heavy (non-hydrogen) atoms. The van der Waals surface area contributed by atoms with Crippen molar-refractivity contribution in [2.75, 3.05) is 42.5 Å². The van der Waals surface area contributed by atoms with E-state index in [-0.39, 0.29) is 0 Å². The van der Waals surface area contributed by atoms with Crippen LogP contribution in [-0.2, 0) is 0 Å². The molecule has 0 aliphatic carbocycles. The molecule has 0 saturated carbocycles. The molecule has 0 aliphatic heterocycles. The van der Waals surface area contributed by atoms with Crippen molar-refractivity contribution in [2.45, 2.75) is 12.1 Å². The molecule has 0 spiro atoms. The standard InChI is InChI=1S/C11H20N4S2/c1-8(7-16-3)6-13-10-5-9(12-2)14-11(15-10)17-4/h5,8H,6-7H2,1-4H3,(H2,12,13,14,15). The molecular weight excluding hydrogens is 252 g/mol. The van der Waals surface area contributed by atoms with Crippen molar-refractivity contribution in [1.82, 2.24) is 9.97 Å². The number of thioether (sulfide) groups is 2. The molecule has 96 valence electrons. The first-order valence-corrected chi connectivity index (χ1v) is 8.15. The zero-order valence-corrected chi connectivity index (χ0v) is 12.4. The predicted molar refractivity (Wildman–Crippen MR) is 79.4 cm³/mol. The number of aromatic nitrogens is 2. The van der Waals surface area contributed by atoms with Gasteiger partial charge in [-0.2, -0.15) is 11.8 Å². The van der Waals surface area contributed by atoms with Crippen LogP contribution in [-0.4, -0.2) is 41.8 Å². The molecule has 0 fully saturated rings. The summed E-state index contributed by atoms with van der Waals surface area (Å²) in [4.78, 5) is 8.76. The molecule has 1 aromatic heterocycles. The van der Waals surface area contributed by atoms with Gasteiger partial charge in [-0.05, 0) is 24.2 Å². The van der Waals surface area contributed by atoms with Gasteiger partial charge in [-0.1, -0.05) is 18.7 Å². The van der Waals surface area contributed by atoms with E-state index >= 15 is 0 Å². The van der Waals surface area contributed by atoms with Crippen molar-refractivity contribution in [1.29, 1.82) is 0 Å². The van der Waals surface area contributed by atoms with E-state index in [0.717, 1.165) is 29.1 Å². The third-order valence-corrected chi connectivity index (χ3v) is 3.68. The SMILES string of the molecule is CNc1cc(NCC(C)CSC)nc(SC)n1. The maximum absolute atomic E-state index is 4.43. The van der Waals surface area contributed by atoms with Gasteiger partial charge in [0.25, 0.3) is 0 Å². The highest BCUT2D eigenvalue weighted by molar-refractivity contribution is 7.98. The molecule has 4 nitrogen and oxygen atoms in total. The van der Waals surface area contributed by atoms with Gasteiger partial charge in [-0.3, -0.25) is 0 Å². The van der Waals surface area contributed by atoms with E-state index in [1.165, 1.54) is 0 Å². The van der Waals surface area contributed by atoms with Gasteiger partial charge >= 0.3 is 0 Å². The Hall–Kier alpha value is -0.620. The second-order valence-electron chi connectivity index (χ2n) is 3.82. The van der Waals surface area contributed by atoms with Crippen LogP contribution in [0.15, 0.2) is 11.2 Å². The highest BCUT2D eigenvalue weighted by Crippen LogP contribution is 2.17. The number of hydrogen-bond acceptors (Lipinski definition) is 6. The van der Waals surface area contributed by atoms with Gasteiger partial charge in [-0.15, -0.1) is 0 Å². The number of hydrogen-bond donors (Lipinski definition) is 2. The minimum atomic E-state index is 0.635. The van der Waals surface area contributed by atoms with E-state index in [1.54, 1.807) is 11.8 Å². The summed E-state index contributed by atoms with van der Waals surface area (Å²) < 4.78 is 0. The van der Waals surface area contributed by atoms with E-state index in [1.807, 2.05) is 31.1 Å². The van der Waals surface area contributed by atoms with E-state index in [0.29, 0.717) is 5.92 Å². The Morgan fingerprint density at radius 3 is 2.59 bits per heavy atom. The van der Waals surface area contributed by atoms with Crippen molar-refractivity contribution in [3.63, 3.8) is 0 Å². The van der Waals surface area contributed by atoms with Gasteiger partial charge in [0.1, 0.15) is 11.6 Å². The summed E-state index contributed by atoms with van der Waals surface area (Å²) in [5, 5.41) is 7.20. The van der Waals surface area contributed by atoms with Crippen molar-refractivity contribution in [2.24, 2.45) is 5.92 Å². The molecule has 0 aromatic carbocycles. The fraction of sp³-hybridized carbons (Fsp3) is 0.636. The molecule has 1 heterocycles. The van der Waals surface area contributed by atoms with Crippen molar-refractivity contribution < 1.29 is 0 Å². The highest BCUT2D eigenvalue weighted by atomic mass is 32.2. The molecule has 6 heteroatoms. The Balaban J connectivity index is 2.63. The first-order chi connectivity index (χ1) is 8.19. The minimum absolute atomic E-state index is 0.635. The van der Waals surface area contributed by atoms with Gasteiger partial charge in [0.05, 0.1) is 0 Å². The smallest absolute Gasteiger partial charge is 0.191 e. The molecule has 1 rings (SSSR count). The van der Waals surface area contributed by atoms with Crippen LogP contribution in [0.5, 0.6) is 0 Å². The van der Waals surface area contributed by atoms with Gasteiger partial charge < -0.3 is 10.6 Å². The number of nitrogens with zero attached hydrogens (tertiary/aromatic N) is 2. The lowest BCUT2D eigenvalue weighted by Crippen LogP contribution is -2.14. The Labute approximate surface area is 112 Å². The fourth-order valence-corrected chi connectivity index (χ4v) is 2.42. The largest absolute Gasteiger partial charge is 0.373 e. The molecule has 0 amide bonds. The van der Waals surface area contributed by atoms with Crippen LogP contribution < -0.4 is 10.6 Å². The van der Waals surface area contributed by atoms with Crippen molar-refractivity contribution in [3.05, 3.63) is 6.07 Å². The summed E-state index contributed by atoms with van der Waals surface area (Å²) in [5.41, 5.74) is 0. The lowest BCUT2D eigenvalue weighted by molar-refractivity contribution is 0.698. The zero-order valence-electron chi connectivity index (χ0n) is 10.8. The lowest BCUT2D eigenvalue weighted by Gasteiger charge is -2.12. The Morgan fingerprint density at radius 2 is 2.00 bits per heavy atom. The predicted octanol–water partition coefficient (Wildman–Crippen LogP) is 2.65. The highest BCUT2D eigenvalue weighted by Gasteiger charge is 2.05. The summed E-state index contributed by atoms with van der Waals surface area (Å²) in [6.07, 6.45) is 4.11. The molecular formula is C11H20N4S2. The van der Waals surface area contributed by atoms with Gasteiger partial charge in [-0.25, -0.2) is 9.97 Å². The topological polar surface area (TPSA) is 49.8 Å². The van der Waals surface area contributed by atoms with Crippen LogP contribution in [0.1, 0.15) is 6.92 Å². The molecule has 0 saturated heterocycles. The van der Waals surface area contributed by atoms with Gasteiger partial charge in [0.15, 0.2) is 5.16 Å². The van der Waals surface area contributed by atoms with Crippen molar-refractivity contribution in [3.8, 4) is 0 Å². The third-order valence-electron chi connectivity index (χ3n) is 2.23. The summed E-state index contributed by atoms with van der Waals surface area (Å²) in [7, 11) is 1.87. The molecule has 0 bridgehead atoms. The van der Waals surface area contributed by atoms with Gasteiger partial charge in [0, 0.05) is 19.7 Å². The number of anilines is 2. The average molecular weight is 272 g/mol. The molecule has 0 aliphatic rings. The van der Waals surface area contributed by atoms with E-state index < -0.39 is 0 Å². The van der Waals surface area contributed by atoms with Crippen LogP contribution in [0, 0.1) is 5.92 Å². The Bertz CT molecular complexity index is 324. The molecule has 2 N–H and O–H groups in total. The first-order valence-electron chi connectivity index (χ1n) is 5.53. The monoisotopic (exact) mass is 272 g/mol. The summed E-state index contributed by atoms with van der Waals surface area (Å²) in [5.74, 6) is 3.54. The number of rotatable bonds is 7. The maximum Gasteiger partial charge on any atom is 0.191 e. The molecule has 1 atom stereocenters. The second-order valence-corrected chi connectivity index (χ2v) is 5.50. The van der Waals surface area contributed by atoms with E-state index in [4.69, 9.17) is 0 Å². The van der Waals surface area contributed by atoms with E-state index in [2.05, 4.69) is 33.8 Å². The summed E-state index contributed by atoms with van der Waals surface area (Å²) in [6, 6.07) is 1.94. The van der Waals surface area contributed by atoms with E-state index in [9.17, 15) is 0 Å². The lowest BCUT2D eigenvalue weighted by atomic mass is 10.2. The van der Waals surface area contributed by atoms with Crippen LogP contribution in [0.4, 0.5) is 11.6 Å². The van der Waals surface area contributed by atoms with Gasteiger partial charge in [0.2, 0.25) is 0 Å². The molecule has 0 radical (unpaired) electrons. The number of nitrogens with one attached hydrogen (secondary N) is 2. The molecule has 1 unspecified atom stereocenters. The normalized spacial score (nSPS) is 12.2. The fourth-order valence-electron chi connectivity index (χ4n) is 1.36. The van der Waals surface area contributed by atoms with Crippen molar-refractivity contribution >= 4 is 35.2 Å².